The first-order valence-corrected chi connectivity index (χ1v) is 19.5. The number of amides is 2. The van der Waals surface area contributed by atoms with Gasteiger partial charge in [-0.2, -0.15) is 0 Å². The fraction of sp³-hybridized carbons (Fsp3) is 0.500. The highest BCUT2D eigenvalue weighted by molar-refractivity contribution is 6.03. The maximum Gasteiger partial charge on any atom is 0.412 e. The molecule has 2 aromatic rings. The third-order valence-electron chi connectivity index (χ3n) is 10.8. The Morgan fingerprint density at radius 1 is 1.11 bits per heavy atom. The molecule has 0 aromatic heterocycles. The summed E-state index contributed by atoms with van der Waals surface area (Å²) in [5.74, 6) is -1.69. The topological polar surface area (TPSA) is 182 Å². The Morgan fingerprint density at radius 3 is 2.50 bits per heavy atom. The van der Waals surface area contributed by atoms with Gasteiger partial charge in [0.2, 0.25) is 11.7 Å². The van der Waals surface area contributed by atoms with Crippen LogP contribution in [-0.2, 0) is 14.4 Å². The summed E-state index contributed by atoms with van der Waals surface area (Å²) in [6.07, 6.45) is 10.9. The summed E-state index contributed by atoms with van der Waals surface area (Å²) >= 11 is 0. The number of likely N-dealkylation sites (N-methyl/N-ethyl adjacent to an activating group) is 1. The molecule has 3 N–H and O–H groups in total. The van der Waals surface area contributed by atoms with Gasteiger partial charge in [0.25, 0.3) is 5.69 Å². The molecule has 2 aromatic carbocycles. The molecule has 2 amide bonds. The van der Waals surface area contributed by atoms with Crippen LogP contribution in [-0.4, -0.2) is 89.6 Å². The first kappa shape index (κ1) is 42.1. The number of benzene rings is 2. The van der Waals surface area contributed by atoms with Crippen molar-refractivity contribution in [1.29, 1.82) is 0 Å². The number of nitrogens with one attached hydrogen (secondary N) is 1. The highest BCUT2D eigenvalue weighted by Gasteiger charge is 2.65. The number of hydrogen-bond acceptors (Lipinski definition) is 11. The fourth-order valence-corrected chi connectivity index (χ4v) is 8.37. The molecule has 2 aliphatic carbocycles. The number of nitrogens with zero attached hydrogens (tertiary/aromatic N) is 3. The molecule has 0 radical (unpaired) electrons. The molecule has 1 fully saturated rings. The van der Waals surface area contributed by atoms with E-state index in [0.717, 1.165) is 36.8 Å². The molecular weight excluding hydrogens is 720 g/mol. The van der Waals surface area contributed by atoms with Crippen LogP contribution in [0.2, 0.25) is 0 Å². The van der Waals surface area contributed by atoms with Gasteiger partial charge in [0, 0.05) is 62.9 Å². The number of oxime groups is 1. The number of carbonyl (C=O) groups excluding carboxylic acids is 2. The number of hydrogen-bond donors (Lipinski definition) is 3. The number of aliphatic hydroxyl groups excluding tert-OH is 2. The van der Waals surface area contributed by atoms with Crippen molar-refractivity contribution in [2.24, 2.45) is 22.9 Å². The Morgan fingerprint density at radius 2 is 1.84 bits per heavy atom. The predicted octanol–water partition coefficient (Wildman–Crippen LogP) is 6.53. The normalized spacial score (nSPS) is 24.3. The molecule has 0 spiro atoms. The highest BCUT2D eigenvalue weighted by Crippen LogP contribution is 2.61. The number of fused-ring (bicyclic) bond motifs is 2. The molecule has 5 rings (SSSR count). The zero-order valence-electron chi connectivity index (χ0n) is 32.4. The van der Waals surface area contributed by atoms with Crippen LogP contribution < -0.4 is 14.8 Å². The lowest BCUT2D eigenvalue weighted by Crippen LogP contribution is -2.69. The fourth-order valence-electron chi connectivity index (χ4n) is 8.37. The summed E-state index contributed by atoms with van der Waals surface area (Å²) in [6, 6.07) is 10.5. The van der Waals surface area contributed by atoms with Crippen LogP contribution in [0.25, 0.3) is 6.08 Å². The van der Waals surface area contributed by atoms with E-state index in [4.69, 9.17) is 19.0 Å². The van der Waals surface area contributed by atoms with Crippen molar-refractivity contribution < 1.29 is 43.8 Å². The van der Waals surface area contributed by atoms with Crippen LogP contribution in [0.5, 0.6) is 11.5 Å². The first-order chi connectivity index (χ1) is 27.1. The molecule has 0 saturated heterocycles. The number of nitro benzene ring substituents is 1. The maximum absolute atomic E-state index is 14.1. The van der Waals surface area contributed by atoms with Crippen molar-refractivity contribution in [3.63, 3.8) is 0 Å². The standard InChI is InChI=1S/C42H54N4O10/c1-5-24-53-42-37(45(4)38(49)21-16-28-14-17-30(18-15-28)46(51)52)27-35(44-54-7-3)33-25-29(12-8-10-22-47)32(13-9-11-23-48)39(40(33)42)34-26-31(19-20-36(34)56-42)55-41(50)43-6-2/h5,14-21,25-26,29,32,37,39-40,47-48H,1,6-13,22-24,27H2,2-4H3,(H,43,50)/t29-,32+,37-,39+,40+,42+/m0/s1. The Kier molecular flexibility index (Phi) is 14.8. The number of carbonyl (C=O) groups is 2. The monoisotopic (exact) mass is 774 g/mol. The number of aliphatic hydroxyl groups is 2. The van der Waals surface area contributed by atoms with E-state index in [1.165, 1.54) is 18.2 Å². The second-order valence-corrected chi connectivity index (χ2v) is 14.2. The molecule has 3 aliphatic rings. The van der Waals surface area contributed by atoms with Gasteiger partial charge in [0.1, 0.15) is 24.1 Å². The van der Waals surface area contributed by atoms with E-state index in [2.05, 4.69) is 23.1 Å². The minimum atomic E-state index is -1.44. The molecular formula is C42H54N4O10. The second-order valence-electron chi connectivity index (χ2n) is 14.2. The summed E-state index contributed by atoms with van der Waals surface area (Å²) in [4.78, 5) is 44.8. The third kappa shape index (κ3) is 9.31. The van der Waals surface area contributed by atoms with Crippen LogP contribution in [0.3, 0.4) is 0 Å². The number of ether oxygens (including phenoxy) is 3. The van der Waals surface area contributed by atoms with Crippen LogP contribution in [0.15, 0.2) is 78.0 Å². The van der Waals surface area contributed by atoms with E-state index >= 15 is 0 Å². The molecule has 6 atom stereocenters. The largest absolute Gasteiger partial charge is 0.459 e. The molecule has 0 bridgehead atoms. The van der Waals surface area contributed by atoms with Gasteiger partial charge in [-0.25, -0.2) is 4.79 Å². The minimum absolute atomic E-state index is 0.00167. The molecule has 14 heteroatoms. The zero-order chi connectivity index (χ0) is 40.2. The molecule has 1 heterocycles. The Bertz CT molecular complexity index is 1790. The summed E-state index contributed by atoms with van der Waals surface area (Å²) in [7, 11) is 1.69. The van der Waals surface area contributed by atoms with E-state index in [1.54, 1.807) is 48.4 Å². The SMILES string of the molecule is C=CCO[C@@]12Oc3ccc(OC(=O)NCC)cc3[C@H]3[C@H](CCCCO)[C@@H](CCCCO)C=C(C(=NOCC)C[C@@H]1N(C)C(=O)C=Cc1ccc([N+](=O)[O-])cc1)[C@H]32. The second kappa shape index (κ2) is 19.7. The Balaban J connectivity index is 1.69. The summed E-state index contributed by atoms with van der Waals surface area (Å²) in [5, 5.41) is 38.1. The lowest BCUT2D eigenvalue weighted by atomic mass is 9.55. The van der Waals surface area contributed by atoms with Crippen molar-refractivity contribution in [2.75, 3.05) is 40.0 Å². The maximum atomic E-state index is 14.1. The van der Waals surface area contributed by atoms with E-state index < -0.39 is 28.8 Å². The van der Waals surface area contributed by atoms with Gasteiger partial charge in [-0.05, 0) is 98.9 Å². The van der Waals surface area contributed by atoms with Crippen molar-refractivity contribution in [1.82, 2.24) is 10.2 Å². The van der Waals surface area contributed by atoms with Crippen molar-refractivity contribution in [3.05, 3.63) is 94.1 Å². The van der Waals surface area contributed by atoms with Gasteiger partial charge in [-0.15, -0.1) is 6.58 Å². The van der Waals surface area contributed by atoms with Gasteiger partial charge in [-0.1, -0.05) is 30.1 Å². The molecule has 14 nitrogen and oxygen atoms in total. The van der Waals surface area contributed by atoms with Crippen molar-refractivity contribution >= 4 is 29.5 Å². The minimum Gasteiger partial charge on any atom is -0.459 e. The lowest BCUT2D eigenvalue weighted by Gasteiger charge is -2.59. The van der Waals surface area contributed by atoms with E-state index in [1.807, 2.05) is 19.9 Å². The van der Waals surface area contributed by atoms with Crippen molar-refractivity contribution in [3.8, 4) is 11.5 Å². The average Bonchev–Trinajstić information content (AvgIpc) is 3.19. The molecule has 1 saturated carbocycles. The smallest absolute Gasteiger partial charge is 0.412 e. The van der Waals surface area contributed by atoms with Crippen LogP contribution in [0.4, 0.5) is 10.5 Å². The summed E-state index contributed by atoms with van der Waals surface area (Å²) < 4.78 is 19.7. The molecule has 1 aliphatic heterocycles. The van der Waals surface area contributed by atoms with Crippen LogP contribution in [0, 0.1) is 27.9 Å². The van der Waals surface area contributed by atoms with Gasteiger partial charge in [0.15, 0.2) is 0 Å². The van der Waals surface area contributed by atoms with Gasteiger partial charge in [0.05, 0.1) is 23.2 Å². The molecule has 56 heavy (non-hydrogen) atoms. The molecule has 0 unspecified atom stereocenters. The van der Waals surface area contributed by atoms with Gasteiger partial charge < -0.3 is 39.5 Å². The first-order valence-electron chi connectivity index (χ1n) is 19.5. The Labute approximate surface area is 328 Å². The highest BCUT2D eigenvalue weighted by atomic mass is 16.7. The third-order valence-corrected chi connectivity index (χ3v) is 10.8. The number of rotatable bonds is 19. The number of unbranched alkanes of at least 4 members (excludes halogenated alkanes) is 2. The van der Waals surface area contributed by atoms with Crippen LogP contribution >= 0.6 is 0 Å². The van der Waals surface area contributed by atoms with Crippen LogP contribution in [0.1, 0.15) is 75.8 Å². The quantitative estimate of drug-likeness (QED) is 0.0467. The zero-order valence-corrected chi connectivity index (χ0v) is 32.4. The van der Waals surface area contributed by atoms with E-state index in [0.29, 0.717) is 48.8 Å². The molecule has 302 valence electrons. The average molecular weight is 775 g/mol. The van der Waals surface area contributed by atoms with Gasteiger partial charge >= 0.3 is 6.09 Å². The predicted molar refractivity (Wildman–Crippen MR) is 211 cm³/mol. The van der Waals surface area contributed by atoms with E-state index in [9.17, 15) is 29.9 Å². The number of nitro groups is 1. The number of non-ortho nitro benzene ring substituents is 1. The summed E-state index contributed by atoms with van der Waals surface area (Å²) in [5.41, 5.74) is 2.93. The number of allylic oxidation sites excluding steroid dienone is 1. The lowest BCUT2D eigenvalue weighted by molar-refractivity contribution is -0.384. The van der Waals surface area contributed by atoms with Crippen molar-refractivity contribution in [2.45, 2.75) is 76.5 Å². The van der Waals surface area contributed by atoms with E-state index in [-0.39, 0.29) is 55.6 Å². The van der Waals surface area contributed by atoms with Gasteiger partial charge in [-0.3, -0.25) is 14.9 Å². The summed E-state index contributed by atoms with van der Waals surface area (Å²) in [6.45, 7) is 8.56. The Hall–Kier alpha value is -5.05.